The number of rotatable bonds is 5. The minimum Gasteiger partial charge on any atom is -0.296 e. The van der Waals surface area contributed by atoms with Gasteiger partial charge >= 0.3 is 0 Å². The van der Waals surface area contributed by atoms with E-state index in [1.54, 1.807) is 4.68 Å². The maximum atomic E-state index is 12.6. The Morgan fingerprint density at radius 2 is 1.78 bits per heavy atom. The lowest BCUT2D eigenvalue weighted by Crippen LogP contribution is -2.14. The van der Waals surface area contributed by atoms with Gasteiger partial charge in [-0.05, 0) is 12.5 Å². The fourth-order valence-electron chi connectivity index (χ4n) is 2.71. The summed E-state index contributed by atoms with van der Waals surface area (Å²) in [5.41, 5.74) is 3.98. The Bertz CT molecular complexity index is 1060. The summed E-state index contributed by atoms with van der Waals surface area (Å²) in [6, 6.07) is 19.8. The van der Waals surface area contributed by atoms with Crippen molar-refractivity contribution in [3.8, 4) is 11.3 Å². The molecule has 7 heteroatoms. The first-order chi connectivity index (χ1) is 13.2. The predicted octanol–water partition coefficient (Wildman–Crippen LogP) is 4.01. The zero-order valence-corrected chi connectivity index (χ0v) is 15.5. The molecule has 134 valence electrons. The quantitative estimate of drug-likeness (QED) is 0.572. The van der Waals surface area contributed by atoms with Crippen LogP contribution < -0.4 is 5.32 Å². The van der Waals surface area contributed by atoms with Gasteiger partial charge in [0, 0.05) is 10.9 Å². The number of benzene rings is 2. The molecule has 1 amide bonds. The molecule has 0 fully saturated rings. The molecular weight excluding hydrogens is 358 g/mol. The number of nitrogens with zero attached hydrogens (tertiary/aromatic N) is 4. The van der Waals surface area contributed by atoms with Crippen LogP contribution in [0.4, 0.5) is 5.13 Å². The Morgan fingerprint density at radius 1 is 1.07 bits per heavy atom. The molecule has 2 aromatic heterocycles. The van der Waals surface area contributed by atoms with Crippen LogP contribution in [0.15, 0.2) is 66.0 Å². The van der Waals surface area contributed by atoms with Crippen LogP contribution >= 0.6 is 11.3 Å². The standard InChI is InChI=1S/C20H17N5OS/c1-14-18(23-24-25(14)12-15-8-4-2-5-9-15)19(26)22-20-21-17(13-27-20)16-10-6-3-7-11-16/h2-11,13H,12H2,1H3,(H,21,22,26). The number of thiazole rings is 1. The summed E-state index contributed by atoms with van der Waals surface area (Å²) in [5, 5.41) is 13.4. The maximum Gasteiger partial charge on any atom is 0.279 e. The average Bonchev–Trinajstić information content (AvgIpc) is 3.31. The third kappa shape index (κ3) is 3.78. The Morgan fingerprint density at radius 3 is 2.52 bits per heavy atom. The smallest absolute Gasteiger partial charge is 0.279 e. The molecule has 0 atom stereocenters. The summed E-state index contributed by atoms with van der Waals surface area (Å²) in [7, 11) is 0. The lowest BCUT2D eigenvalue weighted by molar-refractivity contribution is 0.102. The van der Waals surface area contributed by atoms with Gasteiger partial charge in [-0.15, -0.1) is 16.4 Å². The third-order valence-electron chi connectivity index (χ3n) is 4.17. The number of nitrogens with one attached hydrogen (secondary N) is 1. The van der Waals surface area contributed by atoms with Gasteiger partial charge in [-0.3, -0.25) is 10.1 Å². The van der Waals surface area contributed by atoms with E-state index in [0.717, 1.165) is 22.5 Å². The Balaban J connectivity index is 1.48. The zero-order chi connectivity index (χ0) is 18.6. The first-order valence-electron chi connectivity index (χ1n) is 8.47. The fourth-order valence-corrected chi connectivity index (χ4v) is 3.42. The second-order valence-electron chi connectivity index (χ2n) is 6.02. The van der Waals surface area contributed by atoms with Crippen molar-refractivity contribution in [1.82, 2.24) is 20.0 Å². The molecule has 6 nitrogen and oxygen atoms in total. The van der Waals surface area contributed by atoms with Gasteiger partial charge in [0.1, 0.15) is 0 Å². The van der Waals surface area contributed by atoms with E-state index < -0.39 is 0 Å². The summed E-state index contributed by atoms with van der Waals surface area (Å²) < 4.78 is 1.72. The molecular formula is C20H17N5OS. The molecule has 2 aromatic carbocycles. The van der Waals surface area contributed by atoms with E-state index in [4.69, 9.17) is 0 Å². The van der Waals surface area contributed by atoms with Crippen molar-refractivity contribution >= 4 is 22.4 Å². The SMILES string of the molecule is Cc1c(C(=O)Nc2nc(-c3ccccc3)cs2)nnn1Cc1ccccc1. The molecule has 0 radical (unpaired) electrons. The van der Waals surface area contributed by atoms with E-state index in [2.05, 4.69) is 20.6 Å². The number of amides is 1. The molecule has 2 heterocycles. The number of hydrogen-bond acceptors (Lipinski definition) is 5. The van der Waals surface area contributed by atoms with Crippen molar-refractivity contribution in [2.75, 3.05) is 5.32 Å². The zero-order valence-electron chi connectivity index (χ0n) is 14.7. The summed E-state index contributed by atoms with van der Waals surface area (Å²) in [6.07, 6.45) is 0. The highest BCUT2D eigenvalue weighted by Gasteiger charge is 2.18. The molecule has 27 heavy (non-hydrogen) atoms. The molecule has 0 unspecified atom stereocenters. The number of carbonyl (C=O) groups is 1. The maximum absolute atomic E-state index is 12.6. The van der Waals surface area contributed by atoms with Crippen molar-refractivity contribution < 1.29 is 4.79 Å². The number of hydrogen-bond donors (Lipinski definition) is 1. The van der Waals surface area contributed by atoms with E-state index in [9.17, 15) is 4.79 Å². The van der Waals surface area contributed by atoms with Crippen LogP contribution in [0.3, 0.4) is 0 Å². The summed E-state index contributed by atoms with van der Waals surface area (Å²) in [5.74, 6) is -0.305. The molecule has 4 rings (SSSR count). The molecule has 0 spiro atoms. The van der Waals surface area contributed by atoms with Crippen molar-refractivity contribution in [2.45, 2.75) is 13.5 Å². The van der Waals surface area contributed by atoms with Crippen LogP contribution in [0, 0.1) is 6.92 Å². The lowest BCUT2D eigenvalue weighted by Gasteiger charge is -2.04. The lowest BCUT2D eigenvalue weighted by atomic mass is 10.2. The minimum absolute atomic E-state index is 0.305. The molecule has 0 saturated carbocycles. The van der Waals surface area contributed by atoms with Gasteiger partial charge < -0.3 is 0 Å². The average molecular weight is 375 g/mol. The van der Waals surface area contributed by atoms with Crippen molar-refractivity contribution in [3.63, 3.8) is 0 Å². The van der Waals surface area contributed by atoms with E-state index in [1.807, 2.05) is 73.0 Å². The van der Waals surface area contributed by atoms with Crippen LogP contribution in [0.5, 0.6) is 0 Å². The minimum atomic E-state index is -0.305. The second kappa shape index (κ2) is 7.51. The van der Waals surface area contributed by atoms with E-state index in [0.29, 0.717) is 17.4 Å². The number of anilines is 1. The molecule has 1 N–H and O–H groups in total. The van der Waals surface area contributed by atoms with Gasteiger partial charge in [0.05, 0.1) is 17.9 Å². The first-order valence-corrected chi connectivity index (χ1v) is 9.35. The van der Waals surface area contributed by atoms with Crippen molar-refractivity contribution in [1.29, 1.82) is 0 Å². The summed E-state index contributed by atoms with van der Waals surface area (Å²) >= 11 is 1.38. The van der Waals surface area contributed by atoms with Crippen LogP contribution in [-0.4, -0.2) is 25.9 Å². The largest absolute Gasteiger partial charge is 0.296 e. The predicted molar refractivity (Wildman–Crippen MR) is 106 cm³/mol. The van der Waals surface area contributed by atoms with E-state index in [1.165, 1.54) is 11.3 Å². The van der Waals surface area contributed by atoms with Crippen molar-refractivity contribution in [2.24, 2.45) is 0 Å². The van der Waals surface area contributed by atoms with Crippen molar-refractivity contribution in [3.05, 3.63) is 83.0 Å². The normalized spacial score (nSPS) is 10.7. The molecule has 0 aliphatic heterocycles. The monoisotopic (exact) mass is 375 g/mol. The highest BCUT2D eigenvalue weighted by Crippen LogP contribution is 2.25. The number of carbonyl (C=O) groups excluding carboxylic acids is 1. The topological polar surface area (TPSA) is 72.7 Å². The highest BCUT2D eigenvalue weighted by atomic mass is 32.1. The van der Waals surface area contributed by atoms with E-state index >= 15 is 0 Å². The van der Waals surface area contributed by atoms with Crippen LogP contribution in [0.25, 0.3) is 11.3 Å². The Labute approximate surface area is 160 Å². The van der Waals surface area contributed by atoms with Gasteiger partial charge in [0.2, 0.25) is 0 Å². The first kappa shape index (κ1) is 17.1. The molecule has 4 aromatic rings. The van der Waals surface area contributed by atoms with Crippen LogP contribution in [-0.2, 0) is 6.54 Å². The van der Waals surface area contributed by atoms with Gasteiger partial charge in [0.15, 0.2) is 10.8 Å². The van der Waals surface area contributed by atoms with Gasteiger partial charge in [0.25, 0.3) is 5.91 Å². The fraction of sp³-hybridized carbons (Fsp3) is 0.100. The van der Waals surface area contributed by atoms with Crippen LogP contribution in [0.1, 0.15) is 21.7 Å². The third-order valence-corrected chi connectivity index (χ3v) is 4.92. The van der Waals surface area contributed by atoms with Crippen LogP contribution in [0.2, 0.25) is 0 Å². The Hall–Kier alpha value is -3.32. The molecule has 0 bridgehead atoms. The second-order valence-corrected chi connectivity index (χ2v) is 6.88. The van der Waals surface area contributed by atoms with Gasteiger partial charge in [-0.2, -0.15) is 0 Å². The molecule has 0 saturated heterocycles. The highest BCUT2D eigenvalue weighted by molar-refractivity contribution is 7.14. The number of aromatic nitrogens is 4. The summed E-state index contributed by atoms with van der Waals surface area (Å²) in [6.45, 7) is 2.41. The molecule has 0 aliphatic rings. The van der Waals surface area contributed by atoms with E-state index in [-0.39, 0.29) is 5.91 Å². The molecule has 0 aliphatic carbocycles. The van der Waals surface area contributed by atoms with Gasteiger partial charge in [-0.1, -0.05) is 65.9 Å². The summed E-state index contributed by atoms with van der Waals surface area (Å²) in [4.78, 5) is 17.1. The van der Waals surface area contributed by atoms with Gasteiger partial charge in [-0.25, -0.2) is 9.67 Å². The Kier molecular flexibility index (Phi) is 4.76.